The molecule has 0 radical (unpaired) electrons. The SMILES string of the molecule is O=C(O[n+]1ccc(N2CCOCC2)cc1)N1CCOCC1.c1ccc([B-](c2ccccc2)(c2ccccc2)c2ccccc2)cc1. The van der Waals surface area contributed by atoms with Crippen molar-refractivity contribution in [1.82, 2.24) is 4.90 Å². The summed E-state index contributed by atoms with van der Waals surface area (Å²) < 4.78 is 12.0. The van der Waals surface area contributed by atoms with Crippen molar-refractivity contribution in [3.63, 3.8) is 0 Å². The smallest absolute Gasteiger partial charge is 0.378 e. The maximum absolute atomic E-state index is 12.0. The molecule has 5 aromatic rings. The van der Waals surface area contributed by atoms with Crippen molar-refractivity contribution < 1.29 is 23.8 Å². The topological polar surface area (TPSA) is 55.1 Å². The lowest BCUT2D eigenvalue weighted by molar-refractivity contribution is -0.869. The van der Waals surface area contributed by atoms with Crippen molar-refractivity contribution >= 4 is 39.8 Å². The van der Waals surface area contributed by atoms with Gasteiger partial charge in [-0.2, -0.15) is 26.7 Å². The summed E-state index contributed by atoms with van der Waals surface area (Å²) in [5.74, 6) is 0. The third-order valence-corrected chi connectivity index (χ3v) is 8.81. The van der Waals surface area contributed by atoms with E-state index in [0.29, 0.717) is 26.3 Å². The van der Waals surface area contributed by atoms with E-state index in [2.05, 4.69) is 126 Å². The van der Waals surface area contributed by atoms with Gasteiger partial charge in [-0.15, -0.1) is 0 Å². The average molecular weight is 614 g/mol. The summed E-state index contributed by atoms with van der Waals surface area (Å²) in [6, 6.07) is 47.4. The molecule has 0 aliphatic carbocycles. The van der Waals surface area contributed by atoms with E-state index >= 15 is 0 Å². The number of carbonyl (C=O) groups excluding carboxylic acids is 1. The average Bonchev–Trinajstić information content (AvgIpc) is 3.15. The Kier molecular flexibility index (Phi) is 10.4. The number of pyridine rings is 1. The summed E-state index contributed by atoms with van der Waals surface area (Å²) in [6.45, 7) is 5.55. The number of morpholine rings is 2. The quantitative estimate of drug-likeness (QED) is 0.218. The summed E-state index contributed by atoms with van der Waals surface area (Å²) >= 11 is 0. The molecule has 1 aromatic heterocycles. The van der Waals surface area contributed by atoms with Gasteiger partial charge in [0.1, 0.15) is 6.15 Å². The highest BCUT2D eigenvalue weighted by molar-refractivity contribution is 7.19. The molecule has 4 aromatic carbocycles. The lowest BCUT2D eigenvalue weighted by Crippen LogP contribution is -2.74. The van der Waals surface area contributed by atoms with Crippen LogP contribution in [0.25, 0.3) is 0 Å². The number of amides is 1. The molecule has 234 valence electrons. The molecular weight excluding hydrogens is 573 g/mol. The number of nitrogens with zero attached hydrogens (tertiary/aromatic N) is 3. The van der Waals surface area contributed by atoms with Crippen LogP contribution < -0.4 is 36.3 Å². The van der Waals surface area contributed by atoms with Crippen molar-refractivity contribution in [2.75, 3.05) is 57.5 Å². The minimum absolute atomic E-state index is 0.345. The summed E-state index contributed by atoms with van der Waals surface area (Å²) in [7, 11) is 0. The first-order valence-electron chi connectivity index (χ1n) is 16.0. The van der Waals surface area contributed by atoms with Crippen molar-refractivity contribution in [3.05, 3.63) is 146 Å². The van der Waals surface area contributed by atoms with Crippen molar-refractivity contribution in [2.24, 2.45) is 0 Å². The molecule has 0 unspecified atom stereocenters. The van der Waals surface area contributed by atoms with Crippen LogP contribution in [-0.2, 0) is 9.47 Å². The maximum atomic E-state index is 12.0. The highest BCUT2D eigenvalue weighted by Crippen LogP contribution is 2.13. The minimum Gasteiger partial charge on any atom is -0.378 e. The van der Waals surface area contributed by atoms with Gasteiger partial charge in [0.25, 0.3) is 0 Å². The van der Waals surface area contributed by atoms with E-state index in [1.165, 1.54) is 26.6 Å². The molecule has 1 amide bonds. The van der Waals surface area contributed by atoms with Gasteiger partial charge >= 0.3 is 6.09 Å². The zero-order valence-electron chi connectivity index (χ0n) is 26.1. The van der Waals surface area contributed by atoms with Gasteiger partial charge < -0.3 is 14.4 Å². The molecule has 0 bridgehead atoms. The second-order valence-corrected chi connectivity index (χ2v) is 11.5. The molecule has 2 fully saturated rings. The molecule has 2 aliphatic rings. The van der Waals surface area contributed by atoms with Gasteiger partial charge in [-0.1, -0.05) is 121 Å². The van der Waals surface area contributed by atoms with E-state index in [9.17, 15) is 4.79 Å². The molecule has 0 spiro atoms. The summed E-state index contributed by atoms with van der Waals surface area (Å²) in [5.41, 5.74) is 6.46. The molecule has 0 saturated carbocycles. The predicted octanol–water partition coefficient (Wildman–Crippen LogP) is 2.76. The molecular formula is C38H40BN3O4. The number of ether oxygens (including phenoxy) is 2. The van der Waals surface area contributed by atoms with Gasteiger partial charge in [0, 0.05) is 48.7 Å². The summed E-state index contributed by atoms with van der Waals surface area (Å²) in [5, 5.41) is 0. The van der Waals surface area contributed by atoms with Crippen molar-refractivity contribution in [1.29, 1.82) is 0 Å². The Morgan fingerprint density at radius 2 is 0.913 bits per heavy atom. The Bertz CT molecular complexity index is 1470. The van der Waals surface area contributed by atoms with Gasteiger partial charge in [-0.3, -0.25) is 4.90 Å². The molecule has 2 aliphatic heterocycles. The van der Waals surface area contributed by atoms with E-state index in [-0.39, 0.29) is 6.09 Å². The first kappa shape index (κ1) is 31.1. The second kappa shape index (κ2) is 15.4. The molecule has 46 heavy (non-hydrogen) atoms. The third-order valence-electron chi connectivity index (χ3n) is 8.81. The number of benzene rings is 4. The monoisotopic (exact) mass is 613 g/mol. The largest absolute Gasteiger partial charge is 0.478 e. The van der Waals surface area contributed by atoms with E-state index in [1.54, 1.807) is 17.3 Å². The third kappa shape index (κ3) is 7.14. The van der Waals surface area contributed by atoms with Crippen LogP contribution in [0.15, 0.2) is 146 Å². The van der Waals surface area contributed by atoms with Gasteiger partial charge in [-0.05, 0) is 0 Å². The van der Waals surface area contributed by atoms with Crippen LogP contribution >= 0.6 is 0 Å². The van der Waals surface area contributed by atoms with Crippen molar-refractivity contribution in [3.8, 4) is 0 Å². The molecule has 3 heterocycles. The van der Waals surface area contributed by atoms with Crippen molar-refractivity contribution in [2.45, 2.75) is 0 Å². The zero-order chi connectivity index (χ0) is 31.4. The van der Waals surface area contributed by atoms with E-state index in [0.717, 1.165) is 32.0 Å². The van der Waals surface area contributed by atoms with Crippen LogP contribution in [0, 0.1) is 0 Å². The van der Waals surface area contributed by atoms with Crippen LogP contribution in [0.4, 0.5) is 10.5 Å². The Morgan fingerprint density at radius 3 is 1.30 bits per heavy atom. The molecule has 0 N–H and O–H groups in total. The Balaban J connectivity index is 0.000000164. The van der Waals surface area contributed by atoms with E-state index < -0.39 is 6.15 Å². The molecule has 8 heteroatoms. The molecule has 7 rings (SSSR count). The first-order chi connectivity index (χ1) is 22.7. The fourth-order valence-electron chi connectivity index (χ4n) is 6.51. The van der Waals surface area contributed by atoms with Gasteiger partial charge in [0.15, 0.2) is 0 Å². The summed E-state index contributed by atoms with van der Waals surface area (Å²) in [4.78, 5) is 21.1. The number of anilines is 1. The first-order valence-corrected chi connectivity index (χ1v) is 16.0. The second-order valence-electron chi connectivity index (χ2n) is 11.5. The van der Waals surface area contributed by atoms with Gasteiger partial charge in [-0.25, -0.2) is 4.79 Å². The number of aromatic nitrogens is 1. The Labute approximate surface area is 271 Å². The fourth-order valence-corrected chi connectivity index (χ4v) is 6.51. The predicted molar refractivity (Wildman–Crippen MR) is 184 cm³/mol. The van der Waals surface area contributed by atoms with Crippen LogP contribution in [-0.4, -0.2) is 69.7 Å². The van der Waals surface area contributed by atoms with Crippen LogP contribution in [0.1, 0.15) is 0 Å². The fraction of sp³-hybridized carbons (Fsp3) is 0.211. The number of hydrogen-bond acceptors (Lipinski definition) is 5. The number of hydrogen-bond donors (Lipinski definition) is 0. The van der Waals surface area contributed by atoms with Crippen LogP contribution in [0.2, 0.25) is 0 Å². The minimum atomic E-state index is -1.22. The Morgan fingerprint density at radius 1 is 0.543 bits per heavy atom. The van der Waals surface area contributed by atoms with Gasteiger partial charge in [0.05, 0.1) is 26.4 Å². The van der Waals surface area contributed by atoms with Crippen LogP contribution in [0.5, 0.6) is 0 Å². The normalized spacial score (nSPS) is 15.0. The Hall–Kier alpha value is -4.92. The molecule has 2 saturated heterocycles. The zero-order valence-corrected chi connectivity index (χ0v) is 26.1. The number of rotatable bonds is 6. The maximum Gasteiger partial charge on any atom is 0.478 e. The standard InChI is InChI=1S/C24H20B.C14H20N3O4/c1-5-13-21(14-6-1)25(22-15-7-2-8-16-22,23-17-9-3-10-18-23)24-19-11-4-12-20-24;18-14(16-7-11-20-12-8-16)21-17-3-1-13(2-4-17)15-5-9-19-10-6-15/h1-20H;1-4H,5-12H2/q-1;+1. The molecule has 7 nitrogen and oxygen atoms in total. The van der Waals surface area contributed by atoms with Gasteiger partial charge in [0.2, 0.25) is 12.4 Å². The molecule has 0 atom stereocenters. The number of carbonyl (C=O) groups is 1. The van der Waals surface area contributed by atoms with E-state index in [1.807, 2.05) is 12.1 Å². The highest BCUT2D eigenvalue weighted by Gasteiger charge is 2.31. The lowest BCUT2D eigenvalue weighted by atomic mass is 9.13. The van der Waals surface area contributed by atoms with E-state index in [4.69, 9.17) is 14.3 Å². The summed E-state index contributed by atoms with van der Waals surface area (Å²) in [6.07, 6.45) is 1.95. The highest BCUT2D eigenvalue weighted by atomic mass is 16.7. The lowest BCUT2D eigenvalue weighted by Gasteiger charge is -2.44. The van der Waals surface area contributed by atoms with Crippen LogP contribution in [0.3, 0.4) is 0 Å².